The van der Waals surface area contributed by atoms with Crippen molar-refractivity contribution in [1.82, 2.24) is 10.6 Å². The standard InChI is InChI=1S/C24H35ClN2O2/c1-6-7-16-24(26-17(2)28,22(29)27-23(3,4)5)20-12-8-18(9-13-20)19-10-14-21(25)15-11-19/h6,10-11,14-15,18,20H,1,7-9,12-13,16H2,2-5H3,(H,26,28)(H,27,29). The predicted octanol–water partition coefficient (Wildman–Crippen LogP) is 5.37. The van der Waals surface area contributed by atoms with Gasteiger partial charge in [-0.25, -0.2) is 0 Å². The summed E-state index contributed by atoms with van der Waals surface area (Å²) in [5, 5.41) is 6.93. The van der Waals surface area contributed by atoms with Crippen LogP contribution in [0, 0.1) is 5.92 Å². The highest BCUT2D eigenvalue weighted by atomic mass is 35.5. The third-order valence-electron chi connectivity index (χ3n) is 5.80. The minimum atomic E-state index is -0.904. The van der Waals surface area contributed by atoms with Crippen LogP contribution in [-0.2, 0) is 9.59 Å². The maximum Gasteiger partial charge on any atom is 0.246 e. The van der Waals surface area contributed by atoms with Crippen molar-refractivity contribution in [2.24, 2.45) is 5.92 Å². The second-order valence-electron chi connectivity index (χ2n) is 9.28. The minimum Gasteiger partial charge on any atom is -0.349 e. The maximum absolute atomic E-state index is 13.4. The van der Waals surface area contributed by atoms with Gasteiger partial charge in [0.15, 0.2) is 0 Å². The van der Waals surface area contributed by atoms with Gasteiger partial charge in [0.05, 0.1) is 0 Å². The summed E-state index contributed by atoms with van der Waals surface area (Å²) in [6.45, 7) is 11.2. The van der Waals surface area contributed by atoms with E-state index in [0.29, 0.717) is 18.8 Å². The lowest BCUT2D eigenvalue weighted by atomic mass is 9.68. The SMILES string of the molecule is C=CCCC(NC(C)=O)(C(=O)NC(C)(C)C)C1CCC(c2ccc(Cl)cc2)CC1. The summed E-state index contributed by atoms with van der Waals surface area (Å²) in [6, 6.07) is 8.06. The molecule has 4 nitrogen and oxygen atoms in total. The lowest BCUT2D eigenvalue weighted by Gasteiger charge is -2.44. The summed E-state index contributed by atoms with van der Waals surface area (Å²) in [5.74, 6) is 0.302. The van der Waals surface area contributed by atoms with Crippen LogP contribution in [0.5, 0.6) is 0 Å². The molecule has 1 atom stereocenters. The average molecular weight is 419 g/mol. The lowest BCUT2D eigenvalue weighted by molar-refractivity contribution is -0.137. The van der Waals surface area contributed by atoms with Gasteiger partial charge in [-0.3, -0.25) is 9.59 Å². The van der Waals surface area contributed by atoms with Crippen molar-refractivity contribution >= 4 is 23.4 Å². The first-order chi connectivity index (χ1) is 13.6. The molecule has 0 aliphatic heterocycles. The fourth-order valence-electron chi connectivity index (χ4n) is 4.47. The zero-order valence-electron chi connectivity index (χ0n) is 18.2. The van der Waals surface area contributed by atoms with Crippen LogP contribution >= 0.6 is 11.6 Å². The van der Waals surface area contributed by atoms with Crippen molar-refractivity contribution in [3.8, 4) is 0 Å². The second-order valence-corrected chi connectivity index (χ2v) is 9.72. The van der Waals surface area contributed by atoms with E-state index < -0.39 is 5.54 Å². The first-order valence-corrected chi connectivity index (χ1v) is 10.9. The Kier molecular flexibility index (Phi) is 7.93. The van der Waals surface area contributed by atoms with Crippen molar-refractivity contribution in [2.75, 3.05) is 0 Å². The molecule has 1 saturated carbocycles. The Labute approximate surface area is 180 Å². The molecule has 1 aromatic rings. The highest BCUT2D eigenvalue weighted by molar-refractivity contribution is 6.30. The monoisotopic (exact) mass is 418 g/mol. The number of nitrogens with one attached hydrogen (secondary N) is 2. The summed E-state index contributed by atoms with van der Waals surface area (Å²) >= 11 is 6.03. The average Bonchev–Trinajstić information content (AvgIpc) is 2.64. The van der Waals surface area contributed by atoms with Crippen LogP contribution in [0.2, 0.25) is 5.02 Å². The highest BCUT2D eigenvalue weighted by Crippen LogP contribution is 2.42. The quantitative estimate of drug-likeness (QED) is 0.585. The van der Waals surface area contributed by atoms with Gasteiger partial charge < -0.3 is 10.6 Å². The zero-order valence-corrected chi connectivity index (χ0v) is 18.9. The van der Waals surface area contributed by atoms with Gasteiger partial charge in [0.2, 0.25) is 11.8 Å². The molecular weight excluding hydrogens is 384 g/mol. The summed E-state index contributed by atoms with van der Waals surface area (Å²) in [4.78, 5) is 25.6. The summed E-state index contributed by atoms with van der Waals surface area (Å²) in [5.41, 5.74) is 0.0246. The Morgan fingerprint density at radius 2 is 1.69 bits per heavy atom. The van der Waals surface area contributed by atoms with E-state index in [4.69, 9.17) is 11.6 Å². The van der Waals surface area contributed by atoms with Gasteiger partial charge >= 0.3 is 0 Å². The number of carbonyl (C=O) groups excluding carboxylic acids is 2. The lowest BCUT2D eigenvalue weighted by Crippen LogP contribution is -2.65. The summed E-state index contributed by atoms with van der Waals surface area (Å²) < 4.78 is 0. The molecule has 1 fully saturated rings. The van der Waals surface area contributed by atoms with Crippen molar-refractivity contribution in [2.45, 2.75) is 83.2 Å². The number of benzene rings is 1. The number of rotatable bonds is 7. The van der Waals surface area contributed by atoms with Crippen molar-refractivity contribution in [3.63, 3.8) is 0 Å². The molecule has 1 aromatic carbocycles. The first kappa shape index (κ1) is 23.5. The topological polar surface area (TPSA) is 58.2 Å². The van der Waals surface area contributed by atoms with Gasteiger partial charge in [0.25, 0.3) is 0 Å². The van der Waals surface area contributed by atoms with E-state index in [2.05, 4.69) is 29.3 Å². The summed E-state index contributed by atoms with van der Waals surface area (Å²) in [6.07, 6.45) is 6.82. The Morgan fingerprint density at radius 1 is 1.10 bits per heavy atom. The van der Waals surface area contributed by atoms with Crippen LogP contribution in [0.4, 0.5) is 0 Å². The second kappa shape index (κ2) is 9.80. The molecule has 0 aromatic heterocycles. The fourth-order valence-corrected chi connectivity index (χ4v) is 4.60. The van der Waals surface area contributed by atoms with E-state index in [1.807, 2.05) is 39.0 Å². The molecule has 2 N–H and O–H groups in total. The third-order valence-corrected chi connectivity index (χ3v) is 6.05. The maximum atomic E-state index is 13.4. The fraction of sp³-hybridized carbons (Fsp3) is 0.583. The van der Waals surface area contributed by atoms with Crippen molar-refractivity contribution in [1.29, 1.82) is 0 Å². The smallest absolute Gasteiger partial charge is 0.246 e. The molecule has 1 aliphatic carbocycles. The van der Waals surface area contributed by atoms with Gasteiger partial charge in [-0.05, 0) is 88.8 Å². The molecule has 160 valence electrons. The Hall–Kier alpha value is -1.81. The molecular formula is C24H35ClN2O2. The highest BCUT2D eigenvalue weighted by Gasteiger charge is 2.47. The normalized spacial score (nSPS) is 21.7. The van der Waals surface area contributed by atoms with Crippen molar-refractivity contribution in [3.05, 3.63) is 47.5 Å². The van der Waals surface area contributed by atoms with E-state index in [0.717, 1.165) is 30.7 Å². The molecule has 2 amide bonds. The number of halogens is 1. The molecule has 2 rings (SSSR count). The zero-order chi connectivity index (χ0) is 21.7. The van der Waals surface area contributed by atoms with Crippen molar-refractivity contribution < 1.29 is 9.59 Å². The van der Waals surface area contributed by atoms with Crippen LogP contribution in [0.1, 0.15) is 77.7 Å². The molecule has 0 saturated heterocycles. The number of hydrogen-bond donors (Lipinski definition) is 2. The molecule has 0 bridgehead atoms. The van der Waals surface area contributed by atoms with Crippen LogP contribution in [0.3, 0.4) is 0 Å². The largest absolute Gasteiger partial charge is 0.349 e. The Balaban J connectivity index is 2.25. The molecule has 0 radical (unpaired) electrons. The predicted molar refractivity (Wildman–Crippen MR) is 120 cm³/mol. The van der Waals surface area contributed by atoms with Crippen LogP contribution in [0.25, 0.3) is 0 Å². The van der Waals surface area contributed by atoms with E-state index in [9.17, 15) is 9.59 Å². The molecule has 5 heteroatoms. The van der Waals surface area contributed by atoms with E-state index in [1.165, 1.54) is 12.5 Å². The van der Waals surface area contributed by atoms with Gasteiger partial charge in [0, 0.05) is 17.5 Å². The van der Waals surface area contributed by atoms with E-state index in [1.54, 1.807) is 0 Å². The molecule has 0 heterocycles. The number of allylic oxidation sites excluding steroid dienone is 1. The number of amides is 2. The molecule has 1 aliphatic rings. The van der Waals surface area contributed by atoms with Gasteiger partial charge in [-0.15, -0.1) is 6.58 Å². The summed E-state index contributed by atoms with van der Waals surface area (Å²) in [7, 11) is 0. The number of carbonyl (C=O) groups is 2. The van der Waals surface area contributed by atoms with Crippen LogP contribution in [-0.4, -0.2) is 22.9 Å². The molecule has 29 heavy (non-hydrogen) atoms. The number of hydrogen-bond acceptors (Lipinski definition) is 2. The van der Waals surface area contributed by atoms with Gasteiger partial charge in [0.1, 0.15) is 5.54 Å². The first-order valence-electron chi connectivity index (χ1n) is 10.5. The van der Waals surface area contributed by atoms with Gasteiger partial charge in [-0.1, -0.05) is 29.8 Å². The van der Waals surface area contributed by atoms with Crippen LogP contribution in [0.15, 0.2) is 36.9 Å². The minimum absolute atomic E-state index is 0.0861. The Morgan fingerprint density at radius 3 is 2.17 bits per heavy atom. The Bertz CT molecular complexity index is 715. The molecule has 1 unspecified atom stereocenters. The molecule has 0 spiro atoms. The van der Waals surface area contributed by atoms with E-state index >= 15 is 0 Å². The van der Waals surface area contributed by atoms with Crippen LogP contribution < -0.4 is 10.6 Å². The third kappa shape index (κ3) is 6.33. The van der Waals surface area contributed by atoms with Gasteiger partial charge in [-0.2, -0.15) is 0 Å². The van der Waals surface area contributed by atoms with E-state index in [-0.39, 0.29) is 23.3 Å².